The summed E-state index contributed by atoms with van der Waals surface area (Å²) in [5, 5.41) is 8.15. The van der Waals surface area contributed by atoms with Crippen molar-refractivity contribution >= 4 is 48.5 Å². The second-order valence-electron chi connectivity index (χ2n) is 8.64. The van der Waals surface area contributed by atoms with E-state index < -0.39 is 10.0 Å². The maximum absolute atomic E-state index is 13.0. The van der Waals surface area contributed by atoms with E-state index in [1.54, 1.807) is 42.3 Å². The number of nitrogens with one attached hydrogen (secondary N) is 1. The van der Waals surface area contributed by atoms with Gasteiger partial charge in [-0.3, -0.25) is 14.1 Å². The molecule has 10 heteroatoms. The van der Waals surface area contributed by atoms with Crippen LogP contribution >= 0.6 is 15.9 Å². The van der Waals surface area contributed by atoms with Gasteiger partial charge in [-0.2, -0.15) is 5.10 Å². The number of rotatable bonds is 7. The van der Waals surface area contributed by atoms with Crippen molar-refractivity contribution in [2.45, 2.75) is 25.3 Å². The molecule has 2 heterocycles. The summed E-state index contributed by atoms with van der Waals surface area (Å²) in [4.78, 5) is 17.0. The summed E-state index contributed by atoms with van der Waals surface area (Å²) in [5.41, 5.74) is 4.04. The quantitative estimate of drug-likeness (QED) is 0.366. The first kappa shape index (κ1) is 23.5. The van der Waals surface area contributed by atoms with E-state index in [0.717, 1.165) is 34.1 Å². The van der Waals surface area contributed by atoms with Crippen LogP contribution in [0.4, 0.5) is 5.69 Å². The van der Waals surface area contributed by atoms with E-state index in [2.05, 4.69) is 26.2 Å². The van der Waals surface area contributed by atoms with Crippen LogP contribution in [0.25, 0.3) is 16.6 Å². The molecule has 0 radical (unpaired) electrons. The molecule has 1 saturated carbocycles. The Bertz CT molecular complexity index is 1510. The summed E-state index contributed by atoms with van der Waals surface area (Å²) in [7, 11) is -2.01. The predicted molar refractivity (Wildman–Crippen MR) is 139 cm³/mol. The summed E-state index contributed by atoms with van der Waals surface area (Å²) in [6.07, 6.45) is 6.46. The predicted octanol–water partition coefficient (Wildman–Crippen LogP) is 4.39. The number of fused-ring (bicyclic) bond motifs is 1. The molecule has 1 N–H and O–H groups in total. The van der Waals surface area contributed by atoms with Crippen molar-refractivity contribution in [2.24, 2.45) is 0 Å². The lowest BCUT2D eigenvalue weighted by Crippen LogP contribution is -2.30. The third-order valence-electron chi connectivity index (χ3n) is 6.09. The van der Waals surface area contributed by atoms with Crippen molar-refractivity contribution < 1.29 is 13.2 Å². The first-order chi connectivity index (χ1) is 16.8. The lowest BCUT2D eigenvalue weighted by atomic mass is 10.0. The highest BCUT2D eigenvalue weighted by molar-refractivity contribution is 9.10. The molecule has 0 spiro atoms. The van der Waals surface area contributed by atoms with Gasteiger partial charge < -0.3 is 5.32 Å². The van der Waals surface area contributed by atoms with E-state index in [1.165, 1.54) is 10.6 Å². The Hall–Kier alpha value is -3.24. The molecule has 2 aromatic heterocycles. The fourth-order valence-corrected chi connectivity index (χ4v) is 5.38. The summed E-state index contributed by atoms with van der Waals surface area (Å²) in [5.74, 6) is -0.0219. The van der Waals surface area contributed by atoms with Crippen molar-refractivity contribution in [3.05, 3.63) is 82.2 Å². The molecule has 0 unspecified atom stereocenters. The van der Waals surface area contributed by atoms with Crippen molar-refractivity contribution in [1.82, 2.24) is 20.1 Å². The molecular formula is C25H24BrN5O3S. The van der Waals surface area contributed by atoms with E-state index in [0.29, 0.717) is 22.3 Å². The Morgan fingerprint density at radius 1 is 1.14 bits per heavy atom. The van der Waals surface area contributed by atoms with Gasteiger partial charge in [0.05, 0.1) is 29.7 Å². The van der Waals surface area contributed by atoms with Crippen LogP contribution in [-0.2, 0) is 16.6 Å². The smallest absolute Gasteiger partial charge is 0.270 e. The number of pyridine rings is 1. The van der Waals surface area contributed by atoms with E-state index in [4.69, 9.17) is 5.10 Å². The number of amides is 1. The molecule has 180 valence electrons. The molecule has 0 aliphatic heterocycles. The molecule has 35 heavy (non-hydrogen) atoms. The molecule has 5 rings (SSSR count). The summed E-state index contributed by atoms with van der Waals surface area (Å²) in [6, 6.07) is 14.9. The van der Waals surface area contributed by atoms with E-state index in [-0.39, 0.29) is 18.4 Å². The summed E-state index contributed by atoms with van der Waals surface area (Å²) < 4.78 is 29.9. The van der Waals surface area contributed by atoms with Gasteiger partial charge in [0.2, 0.25) is 10.0 Å². The minimum atomic E-state index is -3.60. The Morgan fingerprint density at radius 3 is 2.43 bits per heavy atom. The van der Waals surface area contributed by atoms with Crippen molar-refractivity contribution in [3.63, 3.8) is 0 Å². The number of hydrogen-bond acceptors (Lipinski definition) is 5. The summed E-state index contributed by atoms with van der Waals surface area (Å²) >= 11 is 3.44. The number of halogens is 1. The lowest BCUT2D eigenvalue weighted by molar-refractivity contribution is 0.0957. The number of benzene rings is 2. The molecule has 0 atom stereocenters. The third kappa shape index (κ3) is 4.68. The molecule has 0 saturated heterocycles. The minimum absolute atomic E-state index is 0.183. The maximum Gasteiger partial charge on any atom is 0.270 e. The van der Waals surface area contributed by atoms with Crippen molar-refractivity contribution in [3.8, 4) is 5.69 Å². The van der Waals surface area contributed by atoms with Gasteiger partial charge in [-0.1, -0.05) is 15.9 Å². The molecule has 1 fully saturated rings. The monoisotopic (exact) mass is 553 g/mol. The van der Waals surface area contributed by atoms with Crippen LogP contribution in [0.1, 0.15) is 40.4 Å². The Balaban J connectivity index is 1.74. The molecule has 2 aromatic carbocycles. The standard InChI is InChI=1S/C25H24BrN5O3S/c1-27-25(32)24-21-13-20(17-3-4-17)23(30(35(2,33)34)15-16-9-11-28-12-10-16)14-22(21)29-31(24)19-7-5-18(26)6-8-19/h5-14,17H,3-4,15H2,1-2H3,(H,27,32). The lowest BCUT2D eigenvalue weighted by Gasteiger charge is -2.25. The summed E-state index contributed by atoms with van der Waals surface area (Å²) in [6.45, 7) is 0.183. The third-order valence-corrected chi connectivity index (χ3v) is 7.75. The van der Waals surface area contributed by atoms with Gasteiger partial charge >= 0.3 is 0 Å². The van der Waals surface area contributed by atoms with Gasteiger partial charge in [-0.05, 0) is 78.4 Å². The number of anilines is 1. The number of hydrogen-bond donors (Lipinski definition) is 1. The van der Waals surface area contributed by atoms with Gasteiger partial charge in [0.15, 0.2) is 0 Å². The Kier molecular flexibility index (Phi) is 6.10. The number of carbonyl (C=O) groups is 1. The van der Waals surface area contributed by atoms with E-state index >= 15 is 0 Å². The normalized spacial score (nSPS) is 13.7. The van der Waals surface area contributed by atoms with Gasteiger partial charge in [0, 0.05) is 29.3 Å². The number of nitrogens with zero attached hydrogens (tertiary/aromatic N) is 4. The topological polar surface area (TPSA) is 97.2 Å². The fourth-order valence-electron chi connectivity index (χ4n) is 4.22. The van der Waals surface area contributed by atoms with Crippen molar-refractivity contribution in [2.75, 3.05) is 17.6 Å². The van der Waals surface area contributed by atoms with Gasteiger partial charge in [0.25, 0.3) is 5.91 Å². The molecule has 4 aromatic rings. The van der Waals surface area contributed by atoms with E-state index in [1.807, 2.05) is 30.3 Å². The molecule has 1 amide bonds. The van der Waals surface area contributed by atoms with Gasteiger partial charge in [-0.25, -0.2) is 13.1 Å². The number of sulfonamides is 1. The Labute approximate surface area is 212 Å². The highest BCUT2D eigenvalue weighted by Gasteiger charge is 2.32. The first-order valence-corrected chi connectivity index (χ1v) is 13.8. The molecular weight excluding hydrogens is 530 g/mol. The fraction of sp³-hybridized carbons (Fsp3) is 0.240. The minimum Gasteiger partial charge on any atom is -0.354 e. The zero-order chi connectivity index (χ0) is 24.7. The van der Waals surface area contributed by atoms with Crippen LogP contribution in [-0.4, -0.2) is 42.4 Å². The number of carbonyl (C=O) groups excluding carboxylic acids is 1. The molecule has 1 aliphatic carbocycles. The average molecular weight is 554 g/mol. The van der Waals surface area contributed by atoms with Crippen LogP contribution < -0.4 is 9.62 Å². The van der Waals surface area contributed by atoms with E-state index in [9.17, 15) is 13.2 Å². The SMILES string of the molecule is CNC(=O)c1c2cc(C3CC3)c(N(Cc3ccncc3)S(C)(=O)=O)cc2nn1-c1ccc(Br)cc1. The van der Waals surface area contributed by atoms with Gasteiger partial charge in [-0.15, -0.1) is 0 Å². The molecule has 1 aliphatic rings. The van der Waals surface area contributed by atoms with Crippen LogP contribution in [0.15, 0.2) is 65.4 Å². The van der Waals surface area contributed by atoms with Crippen LogP contribution in [0.5, 0.6) is 0 Å². The Morgan fingerprint density at radius 2 is 1.83 bits per heavy atom. The van der Waals surface area contributed by atoms with Crippen molar-refractivity contribution in [1.29, 1.82) is 0 Å². The molecule has 0 bridgehead atoms. The average Bonchev–Trinajstić information content (AvgIpc) is 3.62. The van der Waals surface area contributed by atoms with Crippen LogP contribution in [0.2, 0.25) is 0 Å². The highest BCUT2D eigenvalue weighted by atomic mass is 79.9. The first-order valence-electron chi connectivity index (χ1n) is 11.2. The van der Waals surface area contributed by atoms with Gasteiger partial charge in [0.1, 0.15) is 5.69 Å². The maximum atomic E-state index is 13.0. The zero-order valence-corrected chi connectivity index (χ0v) is 21.7. The number of aromatic nitrogens is 3. The highest BCUT2D eigenvalue weighted by Crippen LogP contribution is 2.47. The second kappa shape index (κ2) is 9.09. The molecule has 8 nitrogen and oxygen atoms in total. The van der Waals surface area contributed by atoms with Crippen LogP contribution in [0.3, 0.4) is 0 Å². The largest absolute Gasteiger partial charge is 0.354 e. The second-order valence-corrected chi connectivity index (χ2v) is 11.5. The zero-order valence-electron chi connectivity index (χ0n) is 19.3. The van der Waals surface area contributed by atoms with Crippen LogP contribution in [0, 0.1) is 0 Å².